The second-order valence-corrected chi connectivity index (χ2v) is 2.84. The van der Waals surface area contributed by atoms with E-state index in [0.717, 1.165) is 0 Å². The van der Waals surface area contributed by atoms with E-state index in [1.165, 1.54) is 6.20 Å². The number of rotatable bonds is 2. The van der Waals surface area contributed by atoms with Gasteiger partial charge in [-0.1, -0.05) is 5.16 Å². The standard InChI is InChI=1S/C10H9NO3/c1-7-10(6-11-14-7)13-9-4-2-8(12)3-5-9/h2-6,12H,1H3. The number of phenolic OH excluding ortho intramolecular Hbond substituents is 1. The van der Waals surface area contributed by atoms with Crippen molar-refractivity contribution in [1.82, 2.24) is 5.16 Å². The lowest BCUT2D eigenvalue weighted by Crippen LogP contribution is -1.82. The second kappa shape index (κ2) is 3.41. The summed E-state index contributed by atoms with van der Waals surface area (Å²) in [5, 5.41) is 12.6. The molecular weight excluding hydrogens is 182 g/mol. The summed E-state index contributed by atoms with van der Waals surface area (Å²) >= 11 is 0. The first kappa shape index (κ1) is 8.62. The summed E-state index contributed by atoms with van der Waals surface area (Å²) in [5.74, 6) is 2.04. The minimum absolute atomic E-state index is 0.208. The molecule has 0 saturated heterocycles. The zero-order valence-corrected chi connectivity index (χ0v) is 7.60. The van der Waals surface area contributed by atoms with Crippen LogP contribution < -0.4 is 4.74 Å². The fraction of sp³-hybridized carbons (Fsp3) is 0.100. The van der Waals surface area contributed by atoms with Crippen LogP contribution in [0.5, 0.6) is 17.2 Å². The van der Waals surface area contributed by atoms with Crippen LogP contribution in [0.15, 0.2) is 35.0 Å². The Kier molecular flexibility index (Phi) is 2.10. The Morgan fingerprint density at radius 1 is 1.29 bits per heavy atom. The lowest BCUT2D eigenvalue weighted by Gasteiger charge is -2.02. The van der Waals surface area contributed by atoms with E-state index >= 15 is 0 Å². The van der Waals surface area contributed by atoms with Crippen LogP contribution in [0.25, 0.3) is 0 Å². The Bertz CT molecular complexity index is 419. The van der Waals surface area contributed by atoms with E-state index in [0.29, 0.717) is 17.3 Å². The van der Waals surface area contributed by atoms with Gasteiger partial charge in [-0.05, 0) is 24.3 Å². The normalized spacial score (nSPS) is 10.1. The van der Waals surface area contributed by atoms with Gasteiger partial charge in [-0.2, -0.15) is 0 Å². The van der Waals surface area contributed by atoms with Crippen LogP contribution in [-0.2, 0) is 0 Å². The Morgan fingerprint density at radius 2 is 2.00 bits per heavy atom. The van der Waals surface area contributed by atoms with E-state index in [9.17, 15) is 0 Å². The fourth-order valence-corrected chi connectivity index (χ4v) is 1.03. The predicted molar refractivity (Wildman–Crippen MR) is 49.4 cm³/mol. The molecule has 0 unspecified atom stereocenters. The van der Waals surface area contributed by atoms with Crippen molar-refractivity contribution in [3.8, 4) is 17.2 Å². The number of ether oxygens (including phenoxy) is 1. The van der Waals surface area contributed by atoms with Crippen LogP contribution in [0.2, 0.25) is 0 Å². The van der Waals surface area contributed by atoms with Crippen molar-refractivity contribution in [3.63, 3.8) is 0 Å². The van der Waals surface area contributed by atoms with Crippen molar-refractivity contribution in [2.75, 3.05) is 0 Å². The highest BCUT2D eigenvalue weighted by atomic mass is 16.5. The third kappa shape index (κ3) is 1.69. The molecule has 1 N–H and O–H groups in total. The van der Waals surface area contributed by atoms with Gasteiger partial charge in [0.1, 0.15) is 17.7 Å². The van der Waals surface area contributed by atoms with Gasteiger partial charge in [-0.3, -0.25) is 0 Å². The summed E-state index contributed by atoms with van der Waals surface area (Å²) in [7, 11) is 0. The number of hydrogen-bond acceptors (Lipinski definition) is 4. The summed E-state index contributed by atoms with van der Waals surface area (Å²) in [4.78, 5) is 0. The van der Waals surface area contributed by atoms with Crippen LogP contribution in [0.1, 0.15) is 5.76 Å². The average Bonchev–Trinajstić information content (AvgIpc) is 2.56. The molecule has 0 aliphatic rings. The van der Waals surface area contributed by atoms with Crippen molar-refractivity contribution in [2.45, 2.75) is 6.92 Å². The summed E-state index contributed by atoms with van der Waals surface area (Å²) in [6, 6.07) is 6.44. The molecule has 2 aromatic rings. The Balaban J connectivity index is 2.19. The minimum Gasteiger partial charge on any atom is -0.508 e. The second-order valence-electron chi connectivity index (χ2n) is 2.84. The first-order valence-electron chi connectivity index (χ1n) is 4.14. The molecule has 72 valence electrons. The Morgan fingerprint density at radius 3 is 2.57 bits per heavy atom. The predicted octanol–water partition coefficient (Wildman–Crippen LogP) is 2.48. The molecular formula is C10H9NO3. The smallest absolute Gasteiger partial charge is 0.189 e. The van der Waals surface area contributed by atoms with Crippen LogP contribution in [-0.4, -0.2) is 10.3 Å². The van der Waals surface area contributed by atoms with Crippen LogP contribution in [0, 0.1) is 6.92 Å². The molecule has 0 bridgehead atoms. The minimum atomic E-state index is 0.208. The van der Waals surface area contributed by atoms with E-state index in [1.807, 2.05) is 0 Å². The lowest BCUT2D eigenvalue weighted by atomic mass is 10.3. The molecule has 0 aliphatic heterocycles. The topological polar surface area (TPSA) is 55.5 Å². The molecule has 0 fully saturated rings. The van der Waals surface area contributed by atoms with Gasteiger partial charge in [-0.15, -0.1) is 0 Å². The van der Waals surface area contributed by atoms with Crippen molar-refractivity contribution in [1.29, 1.82) is 0 Å². The highest BCUT2D eigenvalue weighted by Crippen LogP contribution is 2.25. The van der Waals surface area contributed by atoms with E-state index in [-0.39, 0.29) is 5.75 Å². The van der Waals surface area contributed by atoms with Crippen molar-refractivity contribution in [3.05, 3.63) is 36.2 Å². The van der Waals surface area contributed by atoms with E-state index in [2.05, 4.69) is 5.16 Å². The largest absolute Gasteiger partial charge is 0.508 e. The number of nitrogens with zero attached hydrogens (tertiary/aromatic N) is 1. The number of benzene rings is 1. The van der Waals surface area contributed by atoms with Crippen LogP contribution in [0.4, 0.5) is 0 Å². The van der Waals surface area contributed by atoms with Crippen molar-refractivity contribution in [2.24, 2.45) is 0 Å². The quantitative estimate of drug-likeness (QED) is 0.792. The number of aromatic hydroxyl groups is 1. The first-order chi connectivity index (χ1) is 6.75. The summed E-state index contributed by atoms with van der Waals surface area (Å²) in [6.45, 7) is 1.77. The number of aromatic nitrogens is 1. The molecule has 4 nitrogen and oxygen atoms in total. The van der Waals surface area contributed by atoms with E-state index in [4.69, 9.17) is 14.4 Å². The van der Waals surface area contributed by atoms with Crippen molar-refractivity contribution < 1.29 is 14.4 Å². The molecule has 0 amide bonds. The summed E-state index contributed by atoms with van der Waals surface area (Å²) < 4.78 is 10.3. The van der Waals surface area contributed by atoms with Crippen LogP contribution in [0.3, 0.4) is 0 Å². The van der Waals surface area contributed by atoms with E-state index < -0.39 is 0 Å². The van der Waals surface area contributed by atoms with Gasteiger partial charge in [0.25, 0.3) is 0 Å². The third-order valence-corrected chi connectivity index (χ3v) is 1.77. The fourth-order valence-electron chi connectivity index (χ4n) is 1.03. The first-order valence-corrected chi connectivity index (χ1v) is 4.14. The summed E-state index contributed by atoms with van der Waals surface area (Å²) in [5.41, 5.74) is 0. The van der Waals surface area contributed by atoms with Gasteiger partial charge in [0.2, 0.25) is 0 Å². The molecule has 4 heteroatoms. The van der Waals surface area contributed by atoms with Gasteiger partial charge in [0.15, 0.2) is 11.5 Å². The SMILES string of the molecule is Cc1oncc1Oc1ccc(O)cc1. The van der Waals surface area contributed by atoms with E-state index in [1.54, 1.807) is 31.2 Å². The molecule has 0 aliphatic carbocycles. The van der Waals surface area contributed by atoms with Crippen molar-refractivity contribution >= 4 is 0 Å². The molecule has 0 saturated carbocycles. The van der Waals surface area contributed by atoms with Gasteiger partial charge in [-0.25, -0.2) is 0 Å². The molecule has 1 heterocycles. The average molecular weight is 191 g/mol. The number of hydrogen-bond donors (Lipinski definition) is 1. The number of aryl methyl sites for hydroxylation is 1. The van der Waals surface area contributed by atoms with Gasteiger partial charge in [0, 0.05) is 6.92 Å². The van der Waals surface area contributed by atoms with Gasteiger partial charge >= 0.3 is 0 Å². The molecule has 14 heavy (non-hydrogen) atoms. The molecule has 0 radical (unpaired) electrons. The maximum atomic E-state index is 9.05. The zero-order valence-electron chi connectivity index (χ0n) is 7.60. The molecule has 1 aromatic carbocycles. The zero-order chi connectivity index (χ0) is 9.97. The Hall–Kier alpha value is -1.97. The highest BCUT2D eigenvalue weighted by Gasteiger charge is 2.04. The molecule has 2 rings (SSSR count). The number of phenols is 1. The lowest BCUT2D eigenvalue weighted by molar-refractivity contribution is 0.385. The van der Waals surface area contributed by atoms with Crippen LogP contribution >= 0.6 is 0 Å². The third-order valence-electron chi connectivity index (χ3n) is 1.77. The molecule has 0 spiro atoms. The monoisotopic (exact) mass is 191 g/mol. The highest BCUT2D eigenvalue weighted by molar-refractivity contribution is 5.34. The van der Waals surface area contributed by atoms with Gasteiger partial charge < -0.3 is 14.4 Å². The summed E-state index contributed by atoms with van der Waals surface area (Å²) in [6.07, 6.45) is 1.50. The maximum absolute atomic E-state index is 9.05. The molecule has 0 atom stereocenters. The molecule has 1 aromatic heterocycles. The van der Waals surface area contributed by atoms with Gasteiger partial charge in [0.05, 0.1) is 0 Å². The Labute approximate surface area is 80.7 Å². The maximum Gasteiger partial charge on any atom is 0.189 e.